The molecule has 0 spiro atoms. The molecular weight excluding hydrogens is 282 g/mol. The Kier molecular flexibility index (Phi) is 4.00. The molecule has 0 unspecified atom stereocenters. The van der Waals surface area contributed by atoms with Gasteiger partial charge in [0.15, 0.2) is 0 Å². The number of rotatable bonds is 5. The molecule has 3 saturated carbocycles. The van der Waals surface area contributed by atoms with Crippen molar-refractivity contribution in [1.29, 1.82) is 0 Å². The molecule has 4 heteroatoms. The van der Waals surface area contributed by atoms with Gasteiger partial charge in [-0.05, 0) is 55.8 Å². The topological polar surface area (TPSA) is 18.5 Å². The molecule has 0 aromatic rings. The van der Waals surface area contributed by atoms with E-state index in [2.05, 4.69) is 34.3 Å². The molecule has 0 aromatic carbocycles. The second-order valence-electron chi connectivity index (χ2n) is 8.12. The fourth-order valence-electron chi connectivity index (χ4n) is 4.84. The van der Waals surface area contributed by atoms with Crippen molar-refractivity contribution in [3.05, 3.63) is 12.7 Å². The Morgan fingerprint density at radius 2 is 2.10 bits per heavy atom. The van der Waals surface area contributed by atoms with Gasteiger partial charge in [-0.2, -0.15) is 0 Å². The summed E-state index contributed by atoms with van der Waals surface area (Å²) in [5.74, 6) is 1.77. The zero-order valence-electron chi connectivity index (χ0n) is 13.8. The summed E-state index contributed by atoms with van der Waals surface area (Å²) in [6.07, 6.45) is 6.63. The Balaban J connectivity index is 1.69. The Labute approximate surface area is 134 Å². The van der Waals surface area contributed by atoms with E-state index in [4.69, 9.17) is 20.9 Å². The lowest BCUT2D eigenvalue weighted by molar-refractivity contribution is -0.199. The third-order valence-corrected chi connectivity index (χ3v) is 7.23. The van der Waals surface area contributed by atoms with Gasteiger partial charge in [0.25, 0.3) is 0 Å². The van der Waals surface area contributed by atoms with Gasteiger partial charge in [0.2, 0.25) is 0 Å². The van der Waals surface area contributed by atoms with E-state index in [9.17, 15) is 0 Å². The summed E-state index contributed by atoms with van der Waals surface area (Å²) in [5.41, 5.74) is 0.244. The third-order valence-electron chi connectivity index (χ3n) is 6.60. The predicted molar refractivity (Wildman–Crippen MR) is 88.3 cm³/mol. The number of hydrogen-bond acceptors (Lipinski definition) is 2. The summed E-state index contributed by atoms with van der Waals surface area (Å²) >= 11 is 6.65. The third kappa shape index (κ3) is 2.31. The maximum atomic E-state index is 6.65. The molecule has 6 atom stereocenters. The molecule has 1 heterocycles. The van der Waals surface area contributed by atoms with Gasteiger partial charge in [0.05, 0.1) is 17.0 Å². The average Bonchev–Trinajstić information content (AvgIpc) is 2.80. The van der Waals surface area contributed by atoms with Crippen molar-refractivity contribution < 1.29 is 9.31 Å². The number of alkyl halides is 1. The summed E-state index contributed by atoms with van der Waals surface area (Å²) in [6.45, 7) is 13.0. The van der Waals surface area contributed by atoms with E-state index >= 15 is 0 Å². The molecule has 1 aliphatic heterocycles. The lowest BCUT2D eigenvalue weighted by Gasteiger charge is -2.64. The Bertz CT molecular complexity index is 427. The SMILES string of the molecule is C=CCC[C@@H](C)[C@@H](Cl)B1O[C@@H]2C[C@@H]3C[C@@H](C3(C)C)[C@]2(C)O1. The number of allylic oxidation sites excluding steroid dienone is 1. The summed E-state index contributed by atoms with van der Waals surface area (Å²) in [5, 5.41) is -0.0762. The van der Waals surface area contributed by atoms with Gasteiger partial charge in [0, 0.05) is 0 Å². The van der Waals surface area contributed by atoms with Crippen LogP contribution in [-0.4, -0.2) is 24.1 Å². The normalized spacial score (nSPS) is 42.9. The van der Waals surface area contributed by atoms with Crippen molar-refractivity contribution in [3.63, 3.8) is 0 Å². The van der Waals surface area contributed by atoms with Crippen LogP contribution >= 0.6 is 11.6 Å². The minimum absolute atomic E-state index is 0.0762. The maximum absolute atomic E-state index is 6.65. The van der Waals surface area contributed by atoms with E-state index in [1.165, 1.54) is 6.42 Å². The lowest BCUT2D eigenvalue weighted by atomic mass is 9.43. The lowest BCUT2D eigenvalue weighted by Crippen LogP contribution is -2.65. The van der Waals surface area contributed by atoms with Crippen molar-refractivity contribution in [1.82, 2.24) is 0 Å². The second kappa shape index (κ2) is 5.28. The van der Waals surface area contributed by atoms with E-state index < -0.39 is 0 Å². The van der Waals surface area contributed by atoms with E-state index in [1.807, 2.05) is 6.08 Å². The Morgan fingerprint density at radius 3 is 2.71 bits per heavy atom. The highest BCUT2D eigenvalue weighted by molar-refractivity contribution is 6.60. The van der Waals surface area contributed by atoms with Gasteiger partial charge < -0.3 is 9.31 Å². The van der Waals surface area contributed by atoms with Gasteiger partial charge in [-0.25, -0.2) is 0 Å². The second-order valence-corrected chi connectivity index (χ2v) is 8.63. The molecule has 2 bridgehead atoms. The first-order chi connectivity index (χ1) is 9.80. The van der Waals surface area contributed by atoms with Crippen molar-refractivity contribution in [3.8, 4) is 0 Å². The fraction of sp³-hybridized carbons (Fsp3) is 0.882. The molecule has 0 radical (unpaired) electrons. The molecule has 118 valence electrons. The number of halogens is 1. The van der Waals surface area contributed by atoms with Crippen LogP contribution in [0, 0.1) is 23.2 Å². The van der Waals surface area contributed by atoms with Crippen LogP contribution in [-0.2, 0) is 9.31 Å². The van der Waals surface area contributed by atoms with E-state index in [1.54, 1.807) is 0 Å². The highest BCUT2D eigenvalue weighted by atomic mass is 35.5. The zero-order chi connectivity index (χ0) is 15.4. The average molecular weight is 311 g/mol. The minimum Gasteiger partial charge on any atom is -0.404 e. The monoisotopic (exact) mass is 310 g/mol. The maximum Gasteiger partial charge on any atom is 0.477 e. The Morgan fingerprint density at radius 1 is 1.38 bits per heavy atom. The first-order valence-corrected chi connectivity index (χ1v) is 8.82. The van der Waals surface area contributed by atoms with E-state index in [0.29, 0.717) is 17.3 Å². The summed E-state index contributed by atoms with van der Waals surface area (Å²) in [6, 6.07) is 0. The van der Waals surface area contributed by atoms with Crippen LogP contribution in [0.1, 0.15) is 53.4 Å². The fourth-order valence-corrected chi connectivity index (χ4v) is 5.08. The van der Waals surface area contributed by atoms with Crippen LogP contribution in [0.4, 0.5) is 0 Å². The molecule has 3 aliphatic carbocycles. The molecule has 2 nitrogen and oxygen atoms in total. The largest absolute Gasteiger partial charge is 0.477 e. The quantitative estimate of drug-likeness (QED) is 0.424. The molecule has 4 aliphatic rings. The number of hydrogen-bond donors (Lipinski definition) is 0. The highest BCUT2D eigenvalue weighted by Crippen LogP contribution is 2.65. The van der Waals surface area contributed by atoms with Crippen molar-refractivity contribution >= 4 is 18.7 Å². The summed E-state index contributed by atoms with van der Waals surface area (Å²) in [7, 11) is -0.253. The van der Waals surface area contributed by atoms with Crippen LogP contribution in [0.25, 0.3) is 0 Å². The first kappa shape index (κ1) is 15.9. The van der Waals surface area contributed by atoms with Crippen LogP contribution < -0.4 is 0 Å². The Hall–Kier alpha value is 0.0149. The smallest absolute Gasteiger partial charge is 0.404 e. The van der Waals surface area contributed by atoms with Gasteiger partial charge in [-0.15, -0.1) is 18.2 Å². The van der Waals surface area contributed by atoms with Crippen molar-refractivity contribution in [2.45, 2.75) is 70.4 Å². The molecule has 21 heavy (non-hydrogen) atoms. The molecular formula is C17H28BClO2. The van der Waals surface area contributed by atoms with Crippen LogP contribution in [0.5, 0.6) is 0 Å². The highest BCUT2D eigenvalue weighted by Gasteiger charge is 2.68. The molecule has 0 N–H and O–H groups in total. The van der Waals surface area contributed by atoms with Crippen molar-refractivity contribution in [2.24, 2.45) is 23.2 Å². The van der Waals surface area contributed by atoms with Crippen LogP contribution in [0.3, 0.4) is 0 Å². The standard InChI is InChI=1S/C17H28BClO2/c1-6-7-8-11(2)15(19)18-20-14-10-12-9-13(16(12,3)4)17(14,5)21-18/h6,11-15H,1,7-10H2,2-5H3/t11-,12+,13+,14-,15-,17+/m1/s1. The van der Waals surface area contributed by atoms with E-state index in [0.717, 1.165) is 25.2 Å². The van der Waals surface area contributed by atoms with Crippen molar-refractivity contribution in [2.75, 3.05) is 0 Å². The minimum atomic E-state index is -0.253. The molecule has 4 rings (SSSR count). The first-order valence-electron chi connectivity index (χ1n) is 8.39. The van der Waals surface area contributed by atoms with Gasteiger partial charge in [-0.3, -0.25) is 0 Å². The van der Waals surface area contributed by atoms with Crippen LogP contribution in [0.15, 0.2) is 12.7 Å². The predicted octanol–water partition coefficient (Wildman–Crippen LogP) is 4.46. The summed E-state index contributed by atoms with van der Waals surface area (Å²) in [4.78, 5) is 0. The molecule has 0 amide bonds. The van der Waals surface area contributed by atoms with Crippen LogP contribution in [0.2, 0.25) is 0 Å². The van der Waals surface area contributed by atoms with Gasteiger partial charge in [-0.1, -0.05) is 26.8 Å². The van der Waals surface area contributed by atoms with Gasteiger partial charge in [0.1, 0.15) is 0 Å². The molecule has 1 saturated heterocycles. The van der Waals surface area contributed by atoms with E-state index in [-0.39, 0.29) is 24.1 Å². The molecule has 4 fully saturated rings. The van der Waals surface area contributed by atoms with Gasteiger partial charge >= 0.3 is 7.12 Å². The zero-order valence-corrected chi connectivity index (χ0v) is 14.5. The summed E-state index contributed by atoms with van der Waals surface area (Å²) < 4.78 is 12.7. The molecule has 0 aromatic heterocycles.